The number of rotatable bonds is 7. The molecule has 2 atom stereocenters. The molecule has 1 fully saturated rings. The number of likely N-dealkylation sites (N-methyl/N-ethyl adjacent to an activating group) is 1. The van der Waals surface area contributed by atoms with Gasteiger partial charge >= 0.3 is 0 Å². The summed E-state index contributed by atoms with van der Waals surface area (Å²) in [7, 11) is 4.08. The first-order valence-electron chi connectivity index (χ1n) is 8.93. The van der Waals surface area contributed by atoms with Gasteiger partial charge in [0.25, 0.3) is 0 Å². The fraction of sp³-hybridized carbons (Fsp3) is 0.429. The Balaban J connectivity index is 1.69. The van der Waals surface area contributed by atoms with Gasteiger partial charge in [-0.25, -0.2) is 0 Å². The van der Waals surface area contributed by atoms with Gasteiger partial charge in [-0.15, -0.1) is 0 Å². The average Bonchev–Trinajstić information content (AvgIpc) is 3.39. The summed E-state index contributed by atoms with van der Waals surface area (Å²) in [5, 5.41) is 0. The first-order chi connectivity index (χ1) is 12.0. The zero-order valence-electron chi connectivity index (χ0n) is 15.4. The molecule has 1 amide bonds. The van der Waals surface area contributed by atoms with Gasteiger partial charge in [-0.2, -0.15) is 0 Å². The van der Waals surface area contributed by atoms with Gasteiger partial charge in [-0.3, -0.25) is 9.78 Å². The Hall–Kier alpha value is -2.20. The molecule has 1 aromatic carbocycles. The predicted octanol–water partition coefficient (Wildman–Crippen LogP) is 3.08. The van der Waals surface area contributed by atoms with Crippen LogP contribution in [0.15, 0.2) is 48.8 Å². The molecule has 0 unspecified atom stereocenters. The summed E-state index contributed by atoms with van der Waals surface area (Å²) in [4.78, 5) is 21.4. The summed E-state index contributed by atoms with van der Waals surface area (Å²) in [5.74, 6) is 0.779. The lowest BCUT2D eigenvalue weighted by Gasteiger charge is -2.25. The van der Waals surface area contributed by atoms with Gasteiger partial charge < -0.3 is 9.80 Å². The lowest BCUT2D eigenvalue weighted by molar-refractivity contribution is -0.133. The molecule has 2 aromatic rings. The van der Waals surface area contributed by atoms with Gasteiger partial charge in [0, 0.05) is 37.9 Å². The molecule has 132 valence electrons. The predicted molar refractivity (Wildman–Crippen MR) is 100 cm³/mol. The average molecular weight is 337 g/mol. The molecule has 0 radical (unpaired) electrons. The lowest BCUT2D eigenvalue weighted by atomic mass is 10.1. The van der Waals surface area contributed by atoms with Crippen molar-refractivity contribution in [1.29, 1.82) is 0 Å². The molecule has 4 heteroatoms. The van der Waals surface area contributed by atoms with Crippen molar-refractivity contribution >= 4 is 5.91 Å². The Morgan fingerprint density at radius 3 is 2.72 bits per heavy atom. The standard InChI is InChI=1S/C21H27N3O/c1-16-6-4-8-18(12-16)19-13-20(19)21(25)24(11-10-23(2)3)15-17-7-5-9-22-14-17/h4-9,12,14,19-20H,10-11,13,15H2,1-3H3/t19-,20-/m0/s1. The van der Waals surface area contributed by atoms with E-state index in [1.165, 1.54) is 11.1 Å². The molecular formula is C21H27N3O. The van der Waals surface area contributed by atoms with Crippen molar-refractivity contribution in [2.24, 2.45) is 5.92 Å². The van der Waals surface area contributed by atoms with Crippen LogP contribution in [0.1, 0.15) is 29.0 Å². The molecule has 1 aliphatic carbocycles. The summed E-state index contributed by atoms with van der Waals surface area (Å²) >= 11 is 0. The maximum absolute atomic E-state index is 13.1. The van der Waals surface area contributed by atoms with Crippen molar-refractivity contribution in [3.05, 3.63) is 65.5 Å². The van der Waals surface area contributed by atoms with E-state index in [0.717, 1.165) is 25.1 Å². The monoisotopic (exact) mass is 337 g/mol. The first kappa shape index (κ1) is 17.6. The van der Waals surface area contributed by atoms with Crippen LogP contribution in [0.4, 0.5) is 0 Å². The highest BCUT2D eigenvalue weighted by molar-refractivity contribution is 5.83. The van der Waals surface area contributed by atoms with Crippen LogP contribution in [-0.4, -0.2) is 47.9 Å². The van der Waals surface area contributed by atoms with E-state index in [0.29, 0.717) is 12.5 Å². The molecule has 1 aromatic heterocycles. The van der Waals surface area contributed by atoms with Crippen LogP contribution in [-0.2, 0) is 11.3 Å². The van der Waals surface area contributed by atoms with Crippen LogP contribution in [0.3, 0.4) is 0 Å². The number of carbonyl (C=O) groups excluding carboxylic acids is 1. The van der Waals surface area contributed by atoms with Crippen LogP contribution in [0.2, 0.25) is 0 Å². The molecule has 3 rings (SSSR count). The minimum atomic E-state index is 0.126. The summed E-state index contributed by atoms with van der Waals surface area (Å²) in [6.07, 6.45) is 4.58. The largest absolute Gasteiger partial charge is 0.337 e. The second kappa shape index (κ2) is 7.79. The topological polar surface area (TPSA) is 36.4 Å². The Labute approximate surface area is 150 Å². The minimum absolute atomic E-state index is 0.126. The van der Waals surface area contributed by atoms with E-state index in [1.807, 2.05) is 37.3 Å². The molecular weight excluding hydrogens is 310 g/mol. The van der Waals surface area contributed by atoms with E-state index < -0.39 is 0 Å². The molecule has 1 saturated carbocycles. The Morgan fingerprint density at radius 2 is 2.04 bits per heavy atom. The van der Waals surface area contributed by atoms with Crippen LogP contribution >= 0.6 is 0 Å². The lowest BCUT2D eigenvalue weighted by Crippen LogP contribution is -2.37. The third kappa shape index (κ3) is 4.67. The number of hydrogen-bond acceptors (Lipinski definition) is 3. The SMILES string of the molecule is Cc1cccc([C@@H]2C[C@@H]2C(=O)N(CCN(C)C)Cc2cccnc2)c1. The summed E-state index contributed by atoms with van der Waals surface area (Å²) in [5.41, 5.74) is 3.64. The summed E-state index contributed by atoms with van der Waals surface area (Å²) in [6, 6.07) is 12.5. The van der Waals surface area contributed by atoms with E-state index >= 15 is 0 Å². The molecule has 1 heterocycles. The highest BCUT2D eigenvalue weighted by Gasteiger charge is 2.45. The van der Waals surface area contributed by atoms with Crippen molar-refractivity contribution < 1.29 is 4.79 Å². The number of benzene rings is 1. The van der Waals surface area contributed by atoms with Gasteiger partial charge in [0.2, 0.25) is 5.91 Å². The summed E-state index contributed by atoms with van der Waals surface area (Å²) in [6.45, 7) is 4.36. The highest BCUT2D eigenvalue weighted by Crippen LogP contribution is 2.48. The van der Waals surface area contributed by atoms with Crippen LogP contribution < -0.4 is 0 Å². The number of aromatic nitrogens is 1. The zero-order valence-corrected chi connectivity index (χ0v) is 15.4. The fourth-order valence-corrected chi connectivity index (χ4v) is 3.27. The molecule has 0 spiro atoms. The Bertz CT molecular complexity index is 714. The summed E-state index contributed by atoms with van der Waals surface area (Å²) < 4.78 is 0. The second-order valence-electron chi connectivity index (χ2n) is 7.29. The molecule has 0 bridgehead atoms. The molecule has 0 aliphatic heterocycles. The third-order valence-electron chi connectivity index (χ3n) is 4.80. The van der Waals surface area contributed by atoms with Crippen LogP contribution in [0.5, 0.6) is 0 Å². The zero-order chi connectivity index (χ0) is 17.8. The Morgan fingerprint density at radius 1 is 1.20 bits per heavy atom. The number of nitrogens with zero attached hydrogens (tertiary/aromatic N) is 3. The van der Waals surface area contributed by atoms with Gasteiger partial charge in [-0.1, -0.05) is 35.9 Å². The molecule has 4 nitrogen and oxygen atoms in total. The van der Waals surface area contributed by atoms with Crippen molar-refractivity contribution in [1.82, 2.24) is 14.8 Å². The fourth-order valence-electron chi connectivity index (χ4n) is 3.27. The van der Waals surface area contributed by atoms with Crippen molar-refractivity contribution in [3.63, 3.8) is 0 Å². The van der Waals surface area contributed by atoms with Crippen molar-refractivity contribution in [2.45, 2.75) is 25.8 Å². The number of amides is 1. The molecule has 1 aliphatic rings. The number of aryl methyl sites for hydroxylation is 1. The van der Waals surface area contributed by atoms with Gasteiger partial charge in [0.1, 0.15) is 0 Å². The number of hydrogen-bond donors (Lipinski definition) is 0. The second-order valence-corrected chi connectivity index (χ2v) is 7.29. The first-order valence-corrected chi connectivity index (χ1v) is 8.93. The van der Waals surface area contributed by atoms with E-state index in [2.05, 4.69) is 41.1 Å². The van der Waals surface area contributed by atoms with E-state index in [9.17, 15) is 4.79 Å². The minimum Gasteiger partial charge on any atom is -0.337 e. The van der Waals surface area contributed by atoms with E-state index in [4.69, 9.17) is 0 Å². The van der Waals surface area contributed by atoms with Crippen molar-refractivity contribution in [3.8, 4) is 0 Å². The molecule has 25 heavy (non-hydrogen) atoms. The maximum Gasteiger partial charge on any atom is 0.226 e. The van der Waals surface area contributed by atoms with Crippen molar-refractivity contribution in [2.75, 3.05) is 27.2 Å². The van der Waals surface area contributed by atoms with Crippen LogP contribution in [0.25, 0.3) is 0 Å². The van der Waals surface area contributed by atoms with E-state index in [1.54, 1.807) is 6.20 Å². The number of carbonyl (C=O) groups is 1. The quantitative estimate of drug-likeness (QED) is 0.779. The highest BCUT2D eigenvalue weighted by atomic mass is 16.2. The normalized spacial score (nSPS) is 19.0. The van der Waals surface area contributed by atoms with Gasteiger partial charge in [0.05, 0.1) is 0 Å². The van der Waals surface area contributed by atoms with Gasteiger partial charge in [0.15, 0.2) is 0 Å². The number of pyridine rings is 1. The van der Waals surface area contributed by atoms with Gasteiger partial charge in [-0.05, 0) is 50.6 Å². The smallest absolute Gasteiger partial charge is 0.226 e. The third-order valence-corrected chi connectivity index (χ3v) is 4.80. The van der Waals surface area contributed by atoms with E-state index in [-0.39, 0.29) is 11.8 Å². The Kier molecular flexibility index (Phi) is 5.49. The molecule has 0 N–H and O–H groups in total. The van der Waals surface area contributed by atoms with Crippen LogP contribution in [0, 0.1) is 12.8 Å². The molecule has 0 saturated heterocycles. The maximum atomic E-state index is 13.1.